The summed E-state index contributed by atoms with van der Waals surface area (Å²) in [5, 5.41) is 26.4. The predicted molar refractivity (Wildman–Crippen MR) is 128 cm³/mol. The topological polar surface area (TPSA) is 164 Å². The molecule has 1 saturated heterocycles. The van der Waals surface area contributed by atoms with Crippen LogP contribution >= 0.6 is 0 Å². The fourth-order valence-corrected chi connectivity index (χ4v) is 5.23. The molecule has 1 aliphatic heterocycles. The molecule has 1 fully saturated rings. The van der Waals surface area contributed by atoms with Crippen molar-refractivity contribution in [1.82, 2.24) is 24.0 Å². The molecule has 36 heavy (non-hydrogen) atoms. The van der Waals surface area contributed by atoms with Crippen molar-refractivity contribution in [2.24, 2.45) is 0 Å². The van der Waals surface area contributed by atoms with Crippen molar-refractivity contribution in [2.75, 3.05) is 32.5 Å². The van der Waals surface area contributed by atoms with Crippen LogP contribution in [0.4, 0.5) is 20.7 Å². The smallest absolute Gasteiger partial charge is 0.407 e. The second-order valence-corrected chi connectivity index (χ2v) is 10.8. The summed E-state index contributed by atoms with van der Waals surface area (Å²) in [6.45, 7) is -0.446. The molecule has 3 aromatic rings. The van der Waals surface area contributed by atoms with Crippen LogP contribution < -0.4 is 10.9 Å². The Kier molecular flexibility index (Phi) is 6.46. The minimum atomic E-state index is -3.64. The Bertz CT molecular complexity index is 1510. The van der Waals surface area contributed by atoms with E-state index in [0.29, 0.717) is 5.69 Å². The highest BCUT2D eigenvalue weighted by Gasteiger charge is 2.48. The van der Waals surface area contributed by atoms with Gasteiger partial charge in [-0.15, -0.1) is 0 Å². The average molecular weight is 518 g/mol. The number of rotatable bonds is 6. The Labute approximate surface area is 205 Å². The zero-order chi connectivity index (χ0) is 26.3. The molecule has 2 atom stereocenters. The maximum Gasteiger partial charge on any atom is 0.407 e. The fraction of sp³-hybridized carbons (Fsp3) is 0.364. The van der Waals surface area contributed by atoms with Gasteiger partial charge in [0.15, 0.2) is 5.82 Å². The van der Waals surface area contributed by atoms with Crippen molar-refractivity contribution in [3.8, 4) is 6.07 Å². The third kappa shape index (κ3) is 4.16. The highest BCUT2D eigenvalue weighted by Crippen LogP contribution is 2.39. The van der Waals surface area contributed by atoms with Crippen LogP contribution in [0.3, 0.4) is 0 Å². The molecule has 0 bridgehead atoms. The van der Waals surface area contributed by atoms with Crippen LogP contribution in [0.2, 0.25) is 0 Å². The molecule has 0 spiro atoms. The standard InChI is InChI=1S/C22H24FN7O5S/c1-28(2)36(34,35)15-5-3-14(4-6-15)26-19-18-16(7-11-25-20(18)31)30(27-19)22(8-10-24)9-12-29(21(32)33)13-17(22)23/h3-7,11,17H,8-9,12-13H2,1-2H3,(H,25,31)(H,26,27)(H,32,33). The lowest BCUT2D eigenvalue weighted by Gasteiger charge is -2.42. The second-order valence-electron chi connectivity index (χ2n) is 8.65. The number of H-pyrrole nitrogens is 1. The monoisotopic (exact) mass is 517 g/mol. The van der Waals surface area contributed by atoms with Crippen LogP contribution in [0, 0.1) is 11.3 Å². The molecule has 4 rings (SSSR count). The zero-order valence-electron chi connectivity index (χ0n) is 19.5. The maximum absolute atomic E-state index is 15.6. The van der Waals surface area contributed by atoms with E-state index in [0.717, 1.165) is 9.21 Å². The van der Waals surface area contributed by atoms with Crippen molar-refractivity contribution in [3.63, 3.8) is 0 Å². The summed E-state index contributed by atoms with van der Waals surface area (Å²) in [6, 6.07) is 9.34. The molecule has 2 aromatic heterocycles. The number of alkyl halides is 1. The molecule has 2 unspecified atom stereocenters. The minimum Gasteiger partial charge on any atom is -0.465 e. The van der Waals surface area contributed by atoms with Crippen molar-refractivity contribution in [1.29, 1.82) is 5.26 Å². The number of benzene rings is 1. The number of likely N-dealkylation sites (tertiary alicyclic amines) is 1. The summed E-state index contributed by atoms with van der Waals surface area (Å²) in [5.74, 6) is 0.0836. The van der Waals surface area contributed by atoms with Crippen LogP contribution in [0.5, 0.6) is 0 Å². The highest BCUT2D eigenvalue weighted by molar-refractivity contribution is 7.89. The van der Waals surface area contributed by atoms with E-state index in [2.05, 4.69) is 15.4 Å². The molecular formula is C22H24FN7O5S. The molecule has 3 heterocycles. The summed E-state index contributed by atoms with van der Waals surface area (Å²) in [6.07, 6.45) is -1.94. The van der Waals surface area contributed by atoms with E-state index in [9.17, 15) is 28.4 Å². The van der Waals surface area contributed by atoms with Gasteiger partial charge < -0.3 is 20.3 Å². The third-order valence-electron chi connectivity index (χ3n) is 6.36. The second kappa shape index (κ2) is 9.25. The van der Waals surface area contributed by atoms with E-state index in [1.165, 1.54) is 55.3 Å². The number of anilines is 2. The van der Waals surface area contributed by atoms with Gasteiger partial charge in [0.05, 0.1) is 29.4 Å². The number of sulfonamides is 1. The van der Waals surface area contributed by atoms with Crippen molar-refractivity contribution in [3.05, 3.63) is 46.9 Å². The lowest BCUT2D eigenvalue weighted by atomic mass is 9.83. The lowest BCUT2D eigenvalue weighted by Crippen LogP contribution is -2.56. The first-order valence-corrected chi connectivity index (χ1v) is 12.3. The molecule has 0 radical (unpaired) electrons. The van der Waals surface area contributed by atoms with Gasteiger partial charge in [0, 0.05) is 32.5 Å². The molecule has 14 heteroatoms. The first kappa shape index (κ1) is 25.1. The largest absolute Gasteiger partial charge is 0.465 e. The normalized spacial score (nSPS) is 20.4. The number of aromatic amines is 1. The predicted octanol–water partition coefficient (Wildman–Crippen LogP) is 2.05. The number of hydrogen-bond acceptors (Lipinski definition) is 7. The first-order chi connectivity index (χ1) is 17.0. The molecule has 190 valence electrons. The maximum atomic E-state index is 15.6. The summed E-state index contributed by atoms with van der Waals surface area (Å²) in [5.41, 5.74) is -1.29. The number of fused-ring (bicyclic) bond motifs is 1. The fourth-order valence-electron chi connectivity index (χ4n) is 4.33. The number of nitrogens with zero attached hydrogens (tertiary/aromatic N) is 5. The average Bonchev–Trinajstić information content (AvgIpc) is 3.20. The number of carbonyl (C=O) groups is 1. The number of nitrogens with one attached hydrogen (secondary N) is 2. The van der Waals surface area contributed by atoms with Gasteiger partial charge in [0.2, 0.25) is 10.0 Å². The summed E-state index contributed by atoms with van der Waals surface area (Å²) in [4.78, 5) is 27.7. The molecule has 0 saturated carbocycles. The van der Waals surface area contributed by atoms with E-state index in [1.807, 2.05) is 6.07 Å². The number of aromatic nitrogens is 3. The molecule has 1 aliphatic rings. The Morgan fingerprint density at radius 3 is 2.64 bits per heavy atom. The van der Waals surface area contributed by atoms with Gasteiger partial charge in [-0.1, -0.05) is 0 Å². The van der Waals surface area contributed by atoms with Crippen LogP contribution in [-0.4, -0.2) is 76.9 Å². The number of pyridine rings is 1. The number of hydrogen-bond donors (Lipinski definition) is 3. The van der Waals surface area contributed by atoms with Gasteiger partial charge in [-0.05, 0) is 36.8 Å². The van der Waals surface area contributed by atoms with Gasteiger partial charge in [-0.3, -0.25) is 9.48 Å². The van der Waals surface area contributed by atoms with Gasteiger partial charge in [-0.2, -0.15) is 10.4 Å². The first-order valence-electron chi connectivity index (χ1n) is 10.9. The third-order valence-corrected chi connectivity index (χ3v) is 8.18. The van der Waals surface area contributed by atoms with Gasteiger partial charge in [0.1, 0.15) is 17.1 Å². The van der Waals surface area contributed by atoms with Gasteiger partial charge in [0.25, 0.3) is 5.56 Å². The summed E-state index contributed by atoms with van der Waals surface area (Å²) in [7, 11) is -0.798. The van der Waals surface area contributed by atoms with Crippen molar-refractivity contribution in [2.45, 2.75) is 29.4 Å². The summed E-state index contributed by atoms with van der Waals surface area (Å²) < 4.78 is 42.6. The van der Waals surface area contributed by atoms with Gasteiger partial charge in [-0.25, -0.2) is 21.9 Å². The Balaban J connectivity index is 1.79. The molecule has 1 aromatic carbocycles. The lowest BCUT2D eigenvalue weighted by molar-refractivity contribution is 0.0170. The quantitative estimate of drug-likeness (QED) is 0.447. The molecular weight excluding hydrogens is 493 g/mol. The Morgan fingerprint density at radius 2 is 2.06 bits per heavy atom. The minimum absolute atomic E-state index is 0.00739. The summed E-state index contributed by atoms with van der Waals surface area (Å²) >= 11 is 0. The van der Waals surface area contributed by atoms with Gasteiger partial charge >= 0.3 is 6.09 Å². The number of amides is 1. The van der Waals surface area contributed by atoms with Crippen molar-refractivity contribution < 1.29 is 22.7 Å². The van der Waals surface area contributed by atoms with Crippen LogP contribution in [0.25, 0.3) is 10.9 Å². The van der Waals surface area contributed by atoms with Crippen LogP contribution in [-0.2, 0) is 15.6 Å². The molecule has 0 aliphatic carbocycles. The number of piperidine rings is 1. The van der Waals surface area contributed by atoms with Crippen LogP contribution in [0.15, 0.2) is 46.2 Å². The van der Waals surface area contributed by atoms with E-state index in [-0.39, 0.29) is 41.0 Å². The zero-order valence-corrected chi connectivity index (χ0v) is 20.3. The number of halogens is 1. The molecule has 12 nitrogen and oxygen atoms in total. The molecule has 1 amide bonds. The van der Waals surface area contributed by atoms with Crippen molar-refractivity contribution >= 4 is 38.5 Å². The number of nitriles is 1. The van der Waals surface area contributed by atoms with E-state index >= 15 is 4.39 Å². The van der Waals surface area contributed by atoms with Crippen LogP contribution in [0.1, 0.15) is 12.8 Å². The number of carboxylic acid groups (broad SMARTS) is 1. The molecule has 3 N–H and O–H groups in total. The van der Waals surface area contributed by atoms with E-state index in [1.54, 1.807) is 0 Å². The SMILES string of the molecule is CN(C)S(=O)(=O)c1ccc(Nc2nn(C3(CC#N)CCN(C(=O)O)CC3F)c3cc[nH]c(=O)c23)cc1. The van der Waals surface area contributed by atoms with E-state index < -0.39 is 39.9 Å². The highest BCUT2D eigenvalue weighted by atomic mass is 32.2. The Hall–Kier alpha value is -3.96. The van der Waals surface area contributed by atoms with E-state index in [4.69, 9.17) is 0 Å². The Morgan fingerprint density at radius 1 is 1.36 bits per heavy atom.